The number of fused-ring (bicyclic) bond motifs is 4. The Morgan fingerprint density at radius 1 is 1.13 bits per heavy atom. The molecule has 13 heteroatoms. The summed E-state index contributed by atoms with van der Waals surface area (Å²) in [4.78, 5) is 15.6. The Balaban J connectivity index is 1.33. The number of piperazine rings is 1. The highest BCUT2D eigenvalue weighted by molar-refractivity contribution is 7.16. The van der Waals surface area contributed by atoms with E-state index >= 15 is 0 Å². The minimum Gasteiger partial charge on any atom is -0.457 e. The summed E-state index contributed by atoms with van der Waals surface area (Å²) in [6, 6.07) is 5.00. The van der Waals surface area contributed by atoms with Gasteiger partial charge in [-0.25, -0.2) is 8.78 Å². The molecule has 1 unspecified atom stereocenters. The van der Waals surface area contributed by atoms with Crippen molar-refractivity contribution in [2.45, 2.75) is 49.1 Å². The highest BCUT2D eigenvalue weighted by atomic mass is 32.1. The highest BCUT2D eigenvalue weighted by Crippen LogP contribution is 2.53. The monoisotopic (exact) mass is 555 g/mol. The van der Waals surface area contributed by atoms with Crippen molar-refractivity contribution in [3.8, 4) is 18.1 Å². The number of nitrogens with zero attached hydrogens (tertiary/aromatic N) is 7. The number of thiophene rings is 1. The summed E-state index contributed by atoms with van der Waals surface area (Å²) < 4.78 is 34.5. The van der Waals surface area contributed by atoms with Gasteiger partial charge in [0.1, 0.15) is 22.7 Å². The number of aromatic nitrogens is 2. The third-order valence-electron chi connectivity index (χ3n) is 8.21. The number of nitrogens with one attached hydrogen (secondary N) is 1. The number of rotatable bonds is 7. The summed E-state index contributed by atoms with van der Waals surface area (Å²) in [6.45, 7) is 1.12. The number of nitrogens with two attached hydrogens (primary N) is 1. The van der Waals surface area contributed by atoms with Crippen LogP contribution in [0.1, 0.15) is 40.8 Å². The number of ether oxygens (including phenoxy) is 1. The van der Waals surface area contributed by atoms with Gasteiger partial charge in [0, 0.05) is 48.6 Å². The Hall–Kier alpha value is -3.26. The van der Waals surface area contributed by atoms with E-state index in [0.717, 1.165) is 36.1 Å². The Morgan fingerprint density at radius 2 is 1.77 bits per heavy atom. The predicted molar refractivity (Wildman–Crippen MR) is 144 cm³/mol. The molecule has 2 aromatic heterocycles. The lowest BCUT2D eigenvalue weighted by molar-refractivity contribution is -0.0592. The van der Waals surface area contributed by atoms with Crippen LogP contribution in [0.4, 0.5) is 25.4 Å². The summed E-state index contributed by atoms with van der Waals surface area (Å²) in [6.07, 6.45) is 3.84. The molecule has 0 amide bonds. The first-order valence-electron chi connectivity index (χ1n) is 13.2. The van der Waals surface area contributed by atoms with Gasteiger partial charge in [-0.2, -0.15) is 20.5 Å². The third kappa shape index (κ3) is 4.52. The number of anilines is 3. The van der Waals surface area contributed by atoms with Crippen molar-refractivity contribution >= 4 is 28.0 Å². The molecule has 5 heterocycles. The van der Waals surface area contributed by atoms with Gasteiger partial charge in [-0.3, -0.25) is 0 Å². The van der Waals surface area contributed by atoms with Crippen LogP contribution in [0.15, 0.2) is 0 Å². The van der Waals surface area contributed by atoms with Crippen molar-refractivity contribution in [2.75, 3.05) is 69.0 Å². The van der Waals surface area contributed by atoms with E-state index < -0.39 is 19.1 Å². The zero-order chi connectivity index (χ0) is 27.5. The smallest absolute Gasteiger partial charge is 0.320 e. The van der Waals surface area contributed by atoms with E-state index in [-0.39, 0.29) is 11.4 Å². The fourth-order valence-corrected chi connectivity index (χ4v) is 7.80. The van der Waals surface area contributed by atoms with Crippen molar-refractivity contribution in [3.05, 3.63) is 21.6 Å². The lowest BCUT2D eigenvalue weighted by Crippen LogP contribution is -2.59. The summed E-state index contributed by atoms with van der Waals surface area (Å²) in [5, 5.41) is 24.1. The molecule has 3 fully saturated rings. The van der Waals surface area contributed by atoms with Crippen molar-refractivity contribution in [2.24, 2.45) is 0 Å². The van der Waals surface area contributed by atoms with E-state index in [0.29, 0.717) is 66.0 Å². The molecule has 206 valence electrons. The normalized spacial score (nSPS) is 23.1. The van der Waals surface area contributed by atoms with Crippen LogP contribution in [0.5, 0.6) is 6.01 Å². The van der Waals surface area contributed by atoms with Crippen LogP contribution in [0, 0.1) is 22.7 Å². The number of nitriles is 2. The van der Waals surface area contributed by atoms with E-state index in [1.807, 2.05) is 4.90 Å². The van der Waals surface area contributed by atoms with Crippen molar-refractivity contribution in [1.82, 2.24) is 20.2 Å². The lowest BCUT2D eigenvalue weighted by atomic mass is 9.74. The fraction of sp³-hybridized carbons (Fsp3) is 0.615. The molecule has 2 atom stereocenters. The lowest BCUT2D eigenvalue weighted by Gasteiger charge is -2.49. The number of hydrogen-bond acceptors (Lipinski definition) is 11. The quantitative estimate of drug-likeness (QED) is 0.524. The third-order valence-corrected chi connectivity index (χ3v) is 9.28. The van der Waals surface area contributed by atoms with Crippen LogP contribution < -0.4 is 25.6 Å². The molecular weight excluding hydrogens is 524 g/mol. The molecule has 0 saturated carbocycles. The van der Waals surface area contributed by atoms with Crippen LogP contribution in [0.2, 0.25) is 0 Å². The maximum absolute atomic E-state index is 14.5. The zero-order valence-electron chi connectivity index (χ0n) is 22.0. The molecule has 3 N–H and O–H groups in total. The number of halogens is 2. The van der Waals surface area contributed by atoms with Gasteiger partial charge in [-0.1, -0.05) is 0 Å². The maximum Gasteiger partial charge on any atom is 0.320 e. The number of hydrogen-bond donors (Lipinski definition) is 2. The Morgan fingerprint density at radius 3 is 2.38 bits per heavy atom. The molecule has 3 saturated heterocycles. The Labute approximate surface area is 230 Å². The van der Waals surface area contributed by atoms with E-state index in [1.54, 1.807) is 14.1 Å². The van der Waals surface area contributed by atoms with Gasteiger partial charge in [-0.05, 0) is 45.3 Å². The topological polar surface area (TPSA) is 130 Å². The number of alkyl halides is 2. The van der Waals surface area contributed by atoms with Crippen LogP contribution in [0.25, 0.3) is 0 Å². The summed E-state index contributed by atoms with van der Waals surface area (Å²) in [5.74, 6) is -2.28. The number of aryl methyl sites for hydroxylation is 1. The second-order valence-electron chi connectivity index (χ2n) is 11.5. The first-order chi connectivity index (χ1) is 18.6. The van der Waals surface area contributed by atoms with Crippen LogP contribution >= 0.6 is 11.3 Å². The summed E-state index contributed by atoms with van der Waals surface area (Å²) >= 11 is 1.48. The van der Waals surface area contributed by atoms with Gasteiger partial charge in [0.25, 0.3) is 5.92 Å². The molecule has 6 rings (SSSR count). The summed E-state index contributed by atoms with van der Waals surface area (Å²) in [5.41, 5.74) is 7.79. The SMILES string of the molecule is CN(C)CC(F)(F)COc1nc(N2CC3CC[C@@H](C2)N3)c(C#N)c(N2CC3(CCc4sc(N)c(C#N)c43)C2)n1. The van der Waals surface area contributed by atoms with E-state index in [1.165, 1.54) is 16.2 Å². The Kier molecular flexibility index (Phi) is 6.29. The van der Waals surface area contributed by atoms with Crippen LogP contribution in [-0.2, 0) is 11.8 Å². The predicted octanol–water partition coefficient (Wildman–Crippen LogP) is 2.08. The fourth-order valence-electron chi connectivity index (χ4n) is 6.66. The summed E-state index contributed by atoms with van der Waals surface area (Å²) in [7, 11) is 3.15. The van der Waals surface area contributed by atoms with Gasteiger partial charge in [-0.15, -0.1) is 11.3 Å². The average Bonchev–Trinajstić information content (AvgIpc) is 3.50. The zero-order valence-corrected chi connectivity index (χ0v) is 22.8. The minimum absolute atomic E-state index is 0.158. The molecule has 3 aliphatic heterocycles. The van der Waals surface area contributed by atoms with Gasteiger partial charge < -0.3 is 30.5 Å². The second kappa shape index (κ2) is 9.44. The molecule has 10 nitrogen and oxygen atoms in total. The van der Waals surface area contributed by atoms with Gasteiger partial charge in [0.2, 0.25) is 0 Å². The molecule has 2 aromatic rings. The second-order valence-corrected chi connectivity index (χ2v) is 12.6. The molecule has 0 radical (unpaired) electrons. The van der Waals surface area contributed by atoms with Crippen LogP contribution in [-0.4, -0.2) is 86.3 Å². The van der Waals surface area contributed by atoms with Gasteiger partial charge in [0.15, 0.2) is 18.2 Å². The minimum atomic E-state index is -3.09. The van der Waals surface area contributed by atoms with Crippen molar-refractivity contribution in [3.63, 3.8) is 0 Å². The first kappa shape index (κ1) is 26.0. The van der Waals surface area contributed by atoms with E-state index in [9.17, 15) is 19.3 Å². The highest BCUT2D eigenvalue weighted by Gasteiger charge is 2.52. The average molecular weight is 556 g/mol. The van der Waals surface area contributed by atoms with Crippen molar-refractivity contribution in [1.29, 1.82) is 10.5 Å². The molecule has 1 aliphatic carbocycles. The first-order valence-corrected chi connectivity index (χ1v) is 14.0. The molecule has 1 spiro atoms. The van der Waals surface area contributed by atoms with Gasteiger partial charge >= 0.3 is 6.01 Å². The molecular formula is C26H31F2N9OS. The molecule has 0 aromatic carbocycles. The molecule has 4 aliphatic rings. The van der Waals surface area contributed by atoms with E-state index in [2.05, 4.69) is 32.3 Å². The van der Waals surface area contributed by atoms with Crippen molar-refractivity contribution < 1.29 is 13.5 Å². The standard InChI is InChI=1S/C26H31F2N9OS/c1-35(2)13-26(27,28)14-38-24-33-22(36-9-15-3-4-16(10-36)32-15)18(8-30)23(34-24)37-11-25(12-37)6-5-19-20(25)17(7-29)21(31)39-19/h15-16,32H,3-6,9-14,31H2,1-2H3/t15-,16?/m0/s1. The largest absolute Gasteiger partial charge is 0.457 e. The maximum atomic E-state index is 14.5. The van der Waals surface area contributed by atoms with Crippen LogP contribution in [0.3, 0.4) is 0 Å². The molecule has 39 heavy (non-hydrogen) atoms. The number of nitrogen functional groups attached to an aromatic ring is 1. The van der Waals surface area contributed by atoms with Gasteiger partial charge in [0.05, 0.1) is 12.1 Å². The molecule has 2 bridgehead atoms. The Bertz CT molecular complexity index is 1360. The van der Waals surface area contributed by atoms with E-state index in [4.69, 9.17) is 10.5 Å².